The zero-order valence-corrected chi connectivity index (χ0v) is 12.9. The third-order valence-corrected chi connectivity index (χ3v) is 3.44. The molecule has 1 aromatic heterocycles. The number of aromatic nitrogens is 1. The van der Waals surface area contributed by atoms with Crippen molar-refractivity contribution in [2.75, 3.05) is 5.32 Å². The summed E-state index contributed by atoms with van der Waals surface area (Å²) in [5, 5.41) is 16.0. The minimum atomic E-state index is -0.464. The number of hydrogen-bond donors (Lipinski definition) is 2. The normalized spacial score (nSPS) is 9.95. The first-order valence-electron chi connectivity index (χ1n) is 5.94. The molecule has 108 valence electrons. The Morgan fingerprint density at radius 2 is 2.19 bits per heavy atom. The van der Waals surface area contributed by atoms with Crippen molar-refractivity contribution in [3.63, 3.8) is 0 Å². The number of urea groups is 1. The molecule has 2 amide bonds. The second-order valence-corrected chi connectivity index (χ2v) is 5.25. The Labute approximate surface area is 134 Å². The van der Waals surface area contributed by atoms with Gasteiger partial charge in [0.15, 0.2) is 0 Å². The fraction of sp³-hybridized carbons (Fsp3) is 0.0769. The summed E-state index contributed by atoms with van der Waals surface area (Å²) in [6, 6.07) is 7.64. The molecule has 0 radical (unpaired) electrons. The van der Waals surface area contributed by atoms with Crippen LogP contribution in [0.1, 0.15) is 5.56 Å². The summed E-state index contributed by atoms with van der Waals surface area (Å²) in [6.45, 7) is 0.351. The van der Waals surface area contributed by atoms with Gasteiger partial charge in [0.05, 0.1) is 8.49 Å². The maximum Gasteiger partial charge on any atom is 0.319 e. The SMILES string of the molecule is O=C(NCc1cccnc1)Nc1ccc([N+](=O)[O-])c(I)c1. The van der Waals surface area contributed by atoms with Crippen LogP contribution in [0.15, 0.2) is 42.7 Å². The van der Waals surface area contributed by atoms with Crippen LogP contribution in [0.2, 0.25) is 0 Å². The summed E-state index contributed by atoms with van der Waals surface area (Å²) in [6.07, 6.45) is 3.32. The summed E-state index contributed by atoms with van der Waals surface area (Å²) in [5.74, 6) is 0. The van der Waals surface area contributed by atoms with E-state index < -0.39 is 4.92 Å². The molecule has 0 fully saturated rings. The Morgan fingerprint density at radius 1 is 1.38 bits per heavy atom. The van der Waals surface area contributed by atoms with Gasteiger partial charge in [0.1, 0.15) is 0 Å². The number of pyridine rings is 1. The molecule has 0 unspecified atom stereocenters. The van der Waals surface area contributed by atoms with Crippen LogP contribution in [0.3, 0.4) is 0 Å². The van der Waals surface area contributed by atoms with Gasteiger partial charge in [-0.3, -0.25) is 15.1 Å². The van der Waals surface area contributed by atoms with Crippen molar-refractivity contribution in [2.24, 2.45) is 0 Å². The van der Waals surface area contributed by atoms with Crippen LogP contribution in [0.5, 0.6) is 0 Å². The van der Waals surface area contributed by atoms with E-state index in [1.165, 1.54) is 12.1 Å². The molecule has 8 heteroatoms. The summed E-state index contributed by atoms with van der Waals surface area (Å²) in [4.78, 5) is 25.9. The van der Waals surface area contributed by atoms with Gasteiger partial charge < -0.3 is 10.6 Å². The summed E-state index contributed by atoms with van der Waals surface area (Å²) in [5.41, 5.74) is 1.39. The second-order valence-electron chi connectivity index (χ2n) is 4.09. The van der Waals surface area contributed by atoms with E-state index in [1.807, 2.05) is 28.7 Å². The number of nitro benzene ring substituents is 1. The topological polar surface area (TPSA) is 97.2 Å². The highest BCUT2D eigenvalue weighted by atomic mass is 127. The molecule has 1 aromatic carbocycles. The number of nitro groups is 1. The van der Waals surface area contributed by atoms with Gasteiger partial charge in [0, 0.05) is 30.7 Å². The third kappa shape index (κ3) is 4.38. The van der Waals surface area contributed by atoms with Gasteiger partial charge in [-0.15, -0.1) is 0 Å². The Balaban J connectivity index is 1.94. The van der Waals surface area contributed by atoms with Crippen molar-refractivity contribution < 1.29 is 9.72 Å². The Hall–Kier alpha value is -2.23. The molecule has 0 saturated carbocycles. The number of hydrogen-bond acceptors (Lipinski definition) is 4. The Bertz CT molecular complexity index is 664. The summed E-state index contributed by atoms with van der Waals surface area (Å²) < 4.78 is 0.461. The highest BCUT2D eigenvalue weighted by Gasteiger charge is 2.12. The Morgan fingerprint density at radius 3 is 2.81 bits per heavy atom. The second kappa shape index (κ2) is 6.97. The van der Waals surface area contributed by atoms with Crippen LogP contribution in [-0.2, 0) is 6.54 Å². The standard InChI is InChI=1S/C13H11IN4O3/c14-11-6-10(3-4-12(11)18(20)21)17-13(19)16-8-9-2-1-5-15-7-9/h1-7H,8H2,(H2,16,17,19). The minimum Gasteiger partial charge on any atom is -0.334 e. The molecule has 0 aliphatic carbocycles. The molecule has 7 nitrogen and oxygen atoms in total. The molecular formula is C13H11IN4O3. The zero-order chi connectivity index (χ0) is 15.2. The molecule has 0 aliphatic rings. The van der Waals surface area contributed by atoms with E-state index in [2.05, 4.69) is 15.6 Å². The first kappa shape index (κ1) is 15.2. The van der Waals surface area contributed by atoms with E-state index in [-0.39, 0.29) is 11.7 Å². The average molecular weight is 398 g/mol. The molecule has 0 bridgehead atoms. The van der Waals surface area contributed by atoms with Gasteiger partial charge in [-0.2, -0.15) is 0 Å². The number of anilines is 1. The fourth-order valence-corrected chi connectivity index (χ4v) is 2.31. The van der Waals surface area contributed by atoms with Crippen molar-refractivity contribution >= 4 is 40.0 Å². The lowest BCUT2D eigenvalue weighted by Gasteiger charge is -2.08. The molecule has 2 rings (SSSR count). The van der Waals surface area contributed by atoms with Gasteiger partial charge >= 0.3 is 6.03 Å². The van der Waals surface area contributed by atoms with Crippen LogP contribution >= 0.6 is 22.6 Å². The highest BCUT2D eigenvalue weighted by molar-refractivity contribution is 14.1. The van der Waals surface area contributed by atoms with Crippen LogP contribution in [-0.4, -0.2) is 15.9 Å². The van der Waals surface area contributed by atoms with Crippen molar-refractivity contribution in [1.29, 1.82) is 0 Å². The number of nitrogens with one attached hydrogen (secondary N) is 2. The van der Waals surface area contributed by atoms with Gasteiger partial charge in [0.2, 0.25) is 0 Å². The number of carbonyl (C=O) groups excluding carboxylic acids is 1. The first-order chi connectivity index (χ1) is 10.1. The van der Waals surface area contributed by atoms with E-state index in [9.17, 15) is 14.9 Å². The third-order valence-electron chi connectivity index (χ3n) is 2.58. The molecule has 0 aliphatic heterocycles. The molecule has 21 heavy (non-hydrogen) atoms. The van der Waals surface area contributed by atoms with E-state index >= 15 is 0 Å². The van der Waals surface area contributed by atoms with Crippen LogP contribution in [0.4, 0.5) is 16.2 Å². The number of carbonyl (C=O) groups is 1. The molecule has 2 aromatic rings. The van der Waals surface area contributed by atoms with E-state index in [1.54, 1.807) is 24.5 Å². The number of benzene rings is 1. The first-order valence-corrected chi connectivity index (χ1v) is 7.02. The number of amides is 2. The van der Waals surface area contributed by atoms with E-state index in [0.717, 1.165) is 5.56 Å². The number of halogens is 1. The number of rotatable bonds is 4. The van der Waals surface area contributed by atoms with Gasteiger partial charge in [-0.05, 0) is 46.4 Å². The molecule has 0 spiro atoms. The van der Waals surface area contributed by atoms with Crippen molar-refractivity contribution in [3.8, 4) is 0 Å². The lowest BCUT2D eigenvalue weighted by Crippen LogP contribution is -2.28. The maximum absolute atomic E-state index is 11.7. The van der Waals surface area contributed by atoms with Crippen LogP contribution in [0.25, 0.3) is 0 Å². The highest BCUT2D eigenvalue weighted by Crippen LogP contribution is 2.23. The van der Waals surface area contributed by atoms with Crippen molar-refractivity contribution in [1.82, 2.24) is 10.3 Å². The molecular weight excluding hydrogens is 387 g/mol. The lowest BCUT2D eigenvalue weighted by molar-refractivity contribution is -0.385. The largest absolute Gasteiger partial charge is 0.334 e. The molecule has 0 atom stereocenters. The lowest BCUT2D eigenvalue weighted by atomic mass is 10.3. The van der Waals surface area contributed by atoms with Gasteiger partial charge in [-0.25, -0.2) is 4.79 Å². The van der Waals surface area contributed by atoms with Gasteiger partial charge in [0.25, 0.3) is 5.69 Å². The summed E-state index contributed by atoms with van der Waals surface area (Å²) >= 11 is 1.86. The molecule has 2 N–H and O–H groups in total. The average Bonchev–Trinajstić information content (AvgIpc) is 2.46. The fourth-order valence-electron chi connectivity index (χ4n) is 1.59. The van der Waals surface area contributed by atoms with Crippen molar-refractivity contribution in [3.05, 3.63) is 62.0 Å². The predicted octanol–water partition coefficient (Wildman–Crippen LogP) is 2.92. The zero-order valence-electron chi connectivity index (χ0n) is 10.7. The van der Waals surface area contributed by atoms with Crippen LogP contribution < -0.4 is 10.6 Å². The van der Waals surface area contributed by atoms with Crippen LogP contribution in [0, 0.1) is 13.7 Å². The number of nitrogens with zero attached hydrogens (tertiary/aromatic N) is 2. The Kier molecular flexibility index (Phi) is 5.04. The smallest absolute Gasteiger partial charge is 0.319 e. The summed E-state index contributed by atoms with van der Waals surface area (Å²) in [7, 11) is 0. The molecule has 1 heterocycles. The van der Waals surface area contributed by atoms with E-state index in [4.69, 9.17) is 0 Å². The van der Waals surface area contributed by atoms with Crippen molar-refractivity contribution in [2.45, 2.75) is 6.54 Å². The molecule has 0 saturated heterocycles. The quantitative estimate of drug-likeness (QED) is 0.470. The monoisotopic (exact) mass is 398 g/mol. The van der Waals surface area contributed by atoms with Gasteiger partial charge in [-0.1, -0.05) is 6.07 Å². The maximum atomic E-state index is 11.7. The minimum absolute atomic E-state index is 0.0110. The van der Waals surface area contributed by atoms with E-state index in [0.29, 0.717) is 15.8 Å². The predicted molar refractivity (Wildman–Crippen MR) is 85.9 cm³/mol.